The smallest absolute Gasteiger partial charge is 0.257 e. The molecule has 0 fully saturated rings. The number of anilines is 1. The molecule has 1 rings (SSSR count). The molecule has 1 unspecified atom stereocenters. The molecule has 8 nitrogen and oxygen atoms in total. The van der Waals surface area contributed by atoms with Gasteiger partial charge in [-0.1, -0.05) is 12.1 Å². The predicted octanol–water partition coefficient (Wildman–Crippen LogP) is 0.0354. The van der Waals surface area contributed by atoms with Crippen molar-refractivity contribution in [1.29, 1.82) is 0 Å². The fraction of sp³-hybridized carbons (Fsp3) is 0.412. The van der Waals surface area contributed by atoms with E-state index in [4.69, 9.17) is 5.73 Å². The highest BCUT2D eigenvalue weighted by Crippen LogP contribution is 2.22. The van der Waals surface area contributed by atoms with Crippen molar-refractivity contribution >= 4 is 30.1 Å². The molecule has 8 heteroatoms. The van der Waals surface area contributed by atoms with Crippen LogP contribution in [0, 0.1) is 0 Å². The molecule has 0 aromatic heterocycles. The van der Waals surface area contributed by atoms with E-state index in [-0.39, 0.29) is 29.9 Å². The van der Waals surface area contributed by atoms with Gasteiger partial charge in [0.2, 0.25) is 5.91 Å². The van der Waals surface area contributed by atoms with Crippen LogP contribution in [-0.4, -0.2) is 62.5 Å². The first-order valence-electron chi connectivity index (χ1n) is 7.95. The van der Waals surface area contributed by atoms with Gasteiger partial charge in [-0.2, -0.15) is 0 Å². The van der Waals surface area contributed by atoms with Gasteiger partial charge in [-0.15, -0.1) is 0 Å². The van der Waals surface area contributed by atoms with E-state index in [0.29, 0.717) is 31.3 Å². The number of nitrogens with one attached hydrogen (secondary N) is 2. The van der Waals surface area contributed by atoms with Gasteiger partial charge in [-0.05, 0) is 12.5 Å². The largest absolute Gasteiger partial charge is 0.383 e. The molecule has 0 heterocycles. The lowest BCUT2D eigenvalue weighted by Crippen LogP contribution is -2.39. The quantitative estimate of drug-likeness (QED) is 0.513. The summed E-state index contributed by atoms with van der Waals surface area (Å²) in [6, 6.07) is 4.08. The van der Waals surface area contributed by atoms with Gasteiger partial charge < -0.3 is 26.1 Å². The molecule has 0 aliphatic carbocycles. The third-order valence-corrected chi connectivity index (χ3v) is 3.82. The molecule has 0 saturated heterocycles. The second-order valence-electron chi connectivity index (χ2n) is 5.43. The SMILES string of the molecule is CNC(=O)CCC(C=O)N(C)C(=O)c1c(C=O)cccc1NCCN. The molecule has 136 valence electrons. The molecule has 0 radical (unpaired) electrons. The Morgan fingerprint density at radius 2 is 2.04 bits per heavy atom. The number of hydrogen-bond donors (Lipinski definition) is 3. The molecular weight excluding hydrogens is 324 g/mol. The van der Waals surface area contributed by atoms with Gasteiger partial charge in [0.05, 0.1) is 11.6 Å². The summed E-state index contributed by atoms with van der Waals surface area (Å²) >= 11 is 0. The second-order valence-corrected chi connectivity index (χ2v) is 5.43. The van der Waals surface area contributed by atoms with Gasteiger partial charge in [-0.25, -0.2) is 0 Å². The first-order valence-corrected chi connectivity index (χ1v) is 7.95. The van der Waals surface area contributed by atoms with Gasteiger partial charge in [0.1, 0.15) is 6.29 Å². The summed E-state index contributed by atoms with van der Waals surface area (Å²) in [6.45, 7) is 0.790. The van der Waals surface area contributed by atoms with E-state index in [2.05, 4.69) is 10.6 Å². The highest BCUT2D eigenvalue weighted by molar-refractivity contribution is 6.06. The Bertz CT molecular complexity index is 633. The summed E-state index contributed by atoms with van der Waals surface area (Å²) in [7, 11) is 2.97. The number of nitrogens with two attached hydrogens (primary N) is 1. The minimum atomic E-state index is -0.771. The topological polar surface area (TPSA) is 122 Å². The predicted molar refractivity (Wildman–Crippen MR) is 94.6 cm³/mol. The van der Waals surface area contributed by atoms with Crippen molar-refractivity contribution < 1.29 is 19.2 Å². The molecule has 2 amide bonds. The van der Waals surface area contributed by atoms with Crippen molar-refractivity contribution in [3.63, 3.8) is 0 Å². The number of amides is 2. The Kier molecular flexibility index (Phi) is 8.28. The molecule has 25 heavy (non-hydrogen) atoms. The van der Waals surface area contributed by atoms with Crippen LogP contribution in [0.4, 0.5) is 5.69 Å². The number of hydrogen-bond acceptors (Lipinski definition) is 6. The molecule has 1 atom stereocenters. The van der Waals surface area contributed by atoms with Crippen molar-refractivity contribution in [2.24, 2.45) is 5.73 Å². The Morgan fingerprint density at radius 1 is 1.32 bits per heavy atom. The number of carbonyl (C=O) groups is 4. The Morgan fingerprint density at radius 3 is 2.60 bits per heavy atom. The van der Waals surface area contributed by atoms with Crippen LogP contribution in [0.2, 0.25) is 0 Å². The zero-order chi connectivity index (χ0) is 18.8. The standard InChI is InChI=1S/C17H24N4O4/c1-19-15(24)7-6-13(11-23)21(2)17(25)16-12(10-22)4-3-5-14(16)20-9-8-18/h3-5,10-11,13,20H,6-9,18H2,1-2H3,(H,19,24). The molecule has 0 bridgehead atoms. The Labute approximate surface area is 146 Å². The lowest BCUT2D eigenvalue weighted by atomic mass is 10.0. The maximum atomic E-state index is 12.9. The summed E-state index contributed by atoms with van der Waals surface area (Å²) in [6.07, 6.45) is 1.53. The normalized spacial score (nSPS) is 11.3. The van der Waals surface area contributed by atoms with Crippen LogP contribution in [0.5, 0.6) is 0 Å². The van der Waals surface area contributed by atoms with E-state index in [1.165, 1.54) is 25.1 Å². The zero-order valence-electron chi connectivity index (χ0n) is 14.5. The summed E-state index contributed by atoms with van der Waals surface area (Å²) in [4.78, 5) is 48.2. The average Bonchev–Trinajstić information content (AvgIpc) is 2.65. The summed E-state index contributed by atoms with van der Waals surface area (Å²) in [5.74, 6) is -0.692. The van der Waals surface area contributed by atoms with Crippen LogP contribution in [0.15, 0.2) is 18.2 Å². The fourth-order valence-electron chi connectivity index (χ4n) is 2.35. The van der Waals surface area contributed by atoms with Gasteiger partial charge >= 0.3 is 0 Å². The van der Waals surface area contributed by atoms with E-state index in [1.807, 2.05) is 0 Å². The Hall–Kier alpha value is -2.74. The van der Waals surface area contributed by atoms with Crippen molar-refractivity contribution in [3.8, 4) is 0 Å². The number of nitrogens with zero attached hydrogens (tertiary/aromatic N) is 1. The van der Waals surface area contributed by atoms with Crippen molar-refractivity contribution in [2.45, 2.75) is 18.9 Å². The average molecular weight is 348 g/mol. The van der Waals surface area contributed by atoms with E-state index in [0.717, 1.165) is 0 Å². The highest BCUT2D eigenvalue weighted by atomic mass is 16.2. The maximum absolute atomic E-state index is 12.9. The zero-order valence-corrected chi connectivity index (χ0v) is 14.5. The molecule has 1 aromatic rings. The van der Waals surface area contributed by atoms with E-state index in [1.54, 1.807) is 12.1 Å². The molecule has 0 aliphatic heterocycles. The van der Waals surface area contributed by atoms with E-state index >= 15 is 0 Å². The summed E-state index contributed by atoms with van der Waals surface area (Å²) in [5, 5.41) is 5.47. The lowest BCUT2D eigenvalue weighted by molar-refractivity contribution is -0.121. The summed E-state index contributed by atoms with van der Waals surface area (Å²) < 4.78 is 0. The first-order chi connectivity index (χ1) is 12.0. The summed E-state index contributed by atoms with van der Waals surface area (Å²) in [5.41, 5.74) is 6.35. The van der Waals surface area contributed by atoms with Crippen molar-refractivity contribution in [3.05, 3.63) is 29.3 Å². The minimum Gasteiger partial charge on any atom is -0.383 e. The molecular formula is C17H24N4O4. The van der Waals surface area contributed by atoms with E-state index in [9.17, 15) is 19.2 Å². The Balaban J connectivity index is 3.08. The fourth-order valence-corrected chi connectivity index (χ4v) is 2.35. The van der Waals surface area contributed by atoms with Gasteiger partial charge in [0.15, 0.2) is 6.29 Å². The molecule has 0 spiro atoms. The van der Waals surface area contributed by atoms with Gasteiger partial charge in [-0.3, -0.25) is 14.4 Å². The first kappa shape index (κ1) is 20.3. The third-order valence-electron chi connectivity index (χ3n) is 3.82. The van der Waals surface area contributed by atoms with Crippen molar-refractivity contribution in [2.75, 3.05) is 32.5 Å². The maximum Gasteiger partial charge on any atom is 0.257 e. The lowest BCUT2D eigenvalue weighted by Gasteiger charge is -2.25. The number of rotatable bonds is 10. The molecule has 0 aliphatic rings. The van der Waals surface area contributed by atoms with Crippen LogP contribution in [0.25, 0.3) is 0 Å². The van der Waals surface area contributed by atoms with Crippen LogP contribution in [0.1, 0.15) is 33.6 Å². The monoisotopic (exact) mass is 348 g/mol. The minimum absolute atomic E-state index is 0.116. The second kappa shape index (κ2) is 10.2. The van der Waals surface area contributed by atoms with Crippen LogP contribution in [-0.2, 0) is 9.59 Å². The molecule has 1 aromatic carbocycles. The highest BCUT2D eigenvalue weighted by Gasteiger charge is 2.25. The number of benzene rings is 1. The molecule has 0 saturated carbocycles. The van der Waals surface area contributed by atoms with Crippen LogP contribution in [0.3, 0.4) is 0 Å². The number of carbonyl (C=O) groups excluding carboxylic acids is 4. The molecule has 4 N–H and O–H groups in total. The van der Waals surface area contributed by atoms with Gasteiger partial charge in [0, 0.05) is 44.9 Å². The number of likely N-dealkylation sites (N-methyl/N-ethyl adjacent to an activating group) is 1. The van der Waals surface area contributed by atoms with E-state index < -0.39 is 11.9 Å². The third kappa shape index (κ3) is 5.39. The van der Waals surface area contributed by atoms with Gasteiger partial charge in [0.25, 0.3) is 5.91 Å². The van der Waals surface area contributed by atoms with Crippen molar-refractivity contribution in [1.82, 2.24) is 10.2 Å². The van der Waals surface area contributed by atoms with Crippen LogP contribution < -0.4 is 16.4 Å². The number of aldehydes is 2. The van der Waals surface area contributed by atoms with Crippen LogP contribution >= 0.6 is 0 Å².